The molecular formula is C15H20N2O2. The Bertz CT molecular complexity index is 452. The number of nitrogens with zero attached hydrogens (tertiary/aromatic N) is 1. The van der Waals surface area contributed by atoms with Crippen LogP contribution in [0.5, 0.6) is 0 Å². The zero-order chi connectivity index (χ0) is 13.2. The van der Waals surface area contributed by atoms with Gasteiger partial charge in [0.05, 0.1) is 6.54 Å². The van der Waals surface area contributed by atoms with Gasteiger partial charge in [0, 0.05) is 18.2 Å². The van der Waals surface area contributed by atoms with Crippen molar-refractivity contribution in [3.63, 3.8) is 0 Å². The molecule has 0 radical (unpaired) electrons. The lowest BCUT2D eigenvalue weighted by molar-refractivity contribution is 0.0942. The van der Waals surface area contributed by atoms with Crippen molar-refractivity contribution in [2.45, 2.75) is 25.9 Å². The van der Waals surface area contributed by atoms with Crippen molar-refractivity contribution in [1.29, 1.82) is 0 Å². The van der Waals surface area contributed by atoms with Gasteiger partial charge in [-0.1, -0.05) is 17.7 Å². The third kappa shape index (κ3) is 2.59. The van der Waals surface area contributed by atoms with E-state index >= 15 is 0 Å². The van der Waals surface area contributed by atoms with E-state index in [1.807, 2.05) is 31.2 Å². The van der Waals surface area contributed by atoms with Gasteiger partial charge in [0.2, 0.25) is 0 Å². The van der Waals surface area contributed by atoms with Crippen molar-refractivity contribution >= 4 is 11.8 Å². The summed E-state index contributed by atoms with van der Waals surface area (Å²) in [6, 6.07) is 8.02. The molecule has 2 heterocycles. The molecule has 1 amide bonds. The van der Waals surface area contributed by atoms with Crippen LogP contribution in [-0.4, -0.2) is 31.8 Å². The first-order valence-corrected chi connectivity index (χ1v) is 6.99. The van der Waals surface area contributed by atoms with Crippen LogP contribution in [0.25, 0.3) is 0 Å². The molecule has 4 nitrogen and oxygen atoms in total. The molecule has 2 fully saturated rings. The fourth-order valence-corrected chi connectivity index (χ4v) is 2.86. The minimum atomic E-state index is -0.209. The van der Waals surface area contributed by atoms with Crippen molar-refractivity contribution in [2.24, 2.45) is 5.92 Å². The second kappa shape index (κ2) is 5.21. The molecule has 19 heavy (non-hydrogen) atoms. The molecule has 2 saturated heterocycles. The van der Waals surface area contributed by atoms with Crippen molar-refractivity contribution in [3.8, 4) is 0 Å². The second-order valence-corrected chi connectivity index (χ2v) is 5.47. The summed E-state index contributed by atoms with van der Waals surface area (Å²) in [6.07, 6.45) is 2.14. The molecule has 1 aromatic carbocycles. The summed E-state index contributed by atoms with van der Waals surface area (Å²) in [6.45, 7) is 4.76. The highest BCUT2D eigenvalue weighted by Crippen LogP contribution is 2.27. The lowest BCUT2D eigenvalue weighted by Gasteiger charge is -2.26. The molecular weight excluding hydrogens is 240 g/mol. The number of rotatable bonds is 2. The number of hydrogen-bond donors (Lipinski definition) is 1. The fraction of sp³-hybridized carbons (Fsp3) is 0.533. The van der Waals surface area contributed by atoms with Crippen LogP contribution in [0.15, 0.2) is 24.3 Å². The molecule has 0 bridgehead atoms. The van der Waals surface area contributed by atoms with E-state index in [0.717, 1.165) is 25.2 Å². The van der Waals surface area contributed by atoms with Crippen LogP contribution in [0.1, 0.15) is 18.4 Å². The van der Waals surface area contributed by atoms with Gasteiger partial charge in [0.15, 0.2) is 0 Å². The van der Waals surface area contributed by atoms with Crippen LogP contribution in [0, 0.1) is 12.8 Å². The first-order valence-electron chi connectivity index (χ1n) is 6.99. The molecule has 4 heteroatoms. The van der Waals surface area contributed by atoms with E-state index in [4.69, 9.17) is 4.74 Å². The Morgan fingerprint density at radius 1 is 1.32 bits per heavy atom. The van der Waals surface area contributed by atoms with Crippen LogP contribution in [0.2, 0.25) is 0 Å². The van der Waals surface area contributed by atoms with E-state index in [-0.39, 0.29) is 12.2 Å². The number of carbonyl (C=O) groups excluding carboxylic acids is 1. The molecule has 2 atom stereocenters. The number of benzene rings is 1. The topological polar surface area (TPSA) is 41.6 Å². The molecule has 1 aromatic rings. The molecule has 2 aliphatic rings. The van der Waals surface area contributed by atoms with Gasteiger partial charge in [-0.2, -0.15) is 0 Å². The third-order valence-electron chi connectivity index (χ3n) is 4.04. The number of aryl methyl sites for hydroxylation is 1. The van der Waals surface area contributed by atoms with Crippen molar-refractivity contribution in [2.75, 3.05) is 24.5 Å². The Morgan fingerprint density at radius 3 is 2.79 bits per heavy atom. The summed E-state index contributed by atoms with van der Waals surface area (Å²) in [5.74, 6) is 0.452. The van der Waals surface area contributed by atoms with Gasteiger partial charge >= 0.3 is 6.09 Å². The number of anilines is 1. The lowest BCUT2D eigenvalue weighted by Crippen LogP contribution is -2.38. The highest BCUT2D eigenvalue weighted by Gasteiger charge is 2.37. The van der Waals surface area contributed by atoms with Crippen molar-refractivity contribution in [1.82, 2.24) is 5.32 Å². The van der Waals surface area contributed by atoms with Crippen LogP contribution in [-0.2, 0) is 4.74 Å². The van der Waals surface area contributed by atoms with Gasteiger partial charge in [-0.05, 0) is 38.4 Å². The first-order chi connectivity index (χ1) is 9.24. The molecule has 2 unspecified atom stereocenters. The summed E-state index contributed by atoms with van der Waals surface area (Å²) in [7, 11) is 0. The van der Waals surface area contributed by atoms with E-state index in [0.29, 0.717) is 12.5 Å². The van der Waals surface area contributed by atoms with Gasteiger partial charge < -0.3 is 10.1 Å². The summed E-state index contributed by atoms with van der Waals surface area (Å²) in [5, 5.41) is 3.38. The SMILES string of the molecule is Cc1ccc(N2CC(C3CCCNC3)OC2=O)cc1. The van der Waals surface area contributed by atoms with Crippen LogP contribution in [0.3, 0.4) is 0 Å². The summed E-state index contributed by atoms with van der Waals surface area (Å²) >= 11 is 0. The van der Waals surface area contributed by atoms with Gasteiger partial charge in [0.1, 0.15) is 6.10 Å². The Hall–Kier alpha value is -1.55. The normalized spacial score (nSPS) is 27.4. The fourth-order valence-electron chi connectivity index (χ4n) is 2.86. The average molecular weight is 260 g/mol. The summed E-state index contributed by atoms with van der Waals surface area (Å²) < 4.78 is 5.55. The van der Waals surface area contributed by atoms with Gasteiger partial charge in [-0.3, -0.25) is 4.90 Å². The smallest absolute Gasteiger partial charge is 0.414 e. The molecule has 3 rings (SSSR count). The molecule has 102 valence electrons. The van der Waals surface area contributed by atoms with Gasteiger partial charge in [-0.25, -0.2) is 4.79 Å². The first kappa shape index (κ1) is 12.5. The van der Waals surface area contributed by atoms with Crippen molar-refractivity contribution < 1.29 is 9.53 Å². The van der Waals surface area contributed by atoms with E-state index in [1.54, 1.807) is 4.90 Å². The molecule has 0 aromatic heterocycles. The molecule has 0 saturated carbocycles. The highest BCUT2D eigenvalue weighted by atomic mass is 16.6. The maximum Gasteiger partial charge on any atom is 0.414 e. The van der Waals surface area contributed by atoms with Crippen LogP contribution >= 0.6 is 0 Å². The maximum absolute atomic E-state index is 12.0. The lowest BCUT2D eigenvalue weighted by atomic mass is 9.94. The number of hydrogen-bond acceptors (Lipinski definition) is 3. The maximum atomic E-state index is 12.0. The van der Waals surface area contributed by atoms with Crippen LogP contribution < -0.4 is 10.2 Å². The van der Waals surface area contributed by atoms with Crippen LogP contribution in [0.4, 0.5) is 10.5 Å². The van der Waals surface area contributed by atoms with E-state index in [1.165, 1.54) is 12.0 Å². The highest BCUT2D eigenvalue weighted by molar-refractivity contribution is 5.89. The largest absolute Gasteiger partial charge is 0.444 e. The van der Waals surface area contributed by atoms with E-state index in [2.05, 4.69) is 5.32 Å². The number of nitrogens with one attached hydrogen (secondary N) is 1. The Labute approximate surface area is 113 Å². The minimum Gasteiger partial charge on any atom is -0.444 e. The Morgan fingerprint density at radius 2 is 2.11 bits per heavy atom. The molecule has 0 aliphatic carbocycles. The third-order valence-corrected chi connectivity index (χ3v) is 4.04. The summed E-state index contributed by atoms with van der Waals surface area (Å²) in [4.78, 5) is 13.7. The zero-order valence-corrected chi connectivity index (χ0v) is 11.3. The van der Waals surface area contributed by atoms with Gasteiger partial charge in [-0.15, -0.1) is 0 Å². The average Bonchev–Trinajstić information content (AvgIpc) is 2.83. The quantitative estimate of drug-likeness (QED) is 0.887. The number of carbonyl (C=O) groups is 1. The van der Waals surface area contributed by atoms with E-state index in [9.17, 15) is 4.79 Å². The number of piperidine rings is 1. The Kier molecular flexibility index (Phi) is 3.42. The monoisotopic (exact) mass is 260 g/mol. The number of amides is 1. The minimum absolute atomic E-state index is 0.0293. The second-order valence-electron chi connectivity index (χ2n) is 5.47. The molecule has 0 spiro atoms. The number of cyclic esters (lactones) is 1. The standard InChI is InChI=1S/C15H20N2O2/c1-11-4-6-13(7-5-11)17-10-14(19-15(17)18)12-3-2-8-16-9-12/h4-7,12,14,16H,2-3,8-10H2,1H3. The molecule has 1 N–H and O–H groups in total. The predicted molar refractivity (Wildman–Crippen MR) is 74.4 cm³/mol. The predicted octanol–water partition coefficient (Wildman–Crippen LogP) is 2.32. The number of ether oxygens (including phenoxy) is 1. The van der Waals surface area contributed by atoms with Gasteiger partial charge in [0.25, 0.3) is 0 Å². The summed E-state index contributed by atoms with van der Waals surface area (Å²) in [5.41, 5.74) is 2.13. The van der Waals surface area contributed by atoms with E-state index < -0.39 is 0 Å². The molecule has 2 aliphatic heterocycles. The zero-order valence-electron chi connectivity index (χ0n) is 11.3. The Balaban J connectivity index is 1.70. The van der Waals surface area contributed by atoms with Crippen molar-refractivity contribution in [3.05, 3.63) is 29.8 Å².